The van der Waals surface area contributed by atoms with Gasteiger partial charge in [-0.3, -0.25) is 9.59 Å². The minimum absolute atomic E-state index is 0.142. The van der Waals surface area contributed by atoms with Gasteiger partial charge in [0.2, 0.25) is 11.8 Å². The minimum atomic E-state index is -0.377. The van der Waals surface area contributed by atoms with E-state index in [1.54, 1.807) is 6.07 Å². The lowest BCUT2D eigenvalue weighted by Crippen LogP contribution is -2.29. The van der Waals surface area contributed by atoms with Crippen LogP contribution in [-0.4, -0.2) is 18.4 Å². The summed E-state index contributed by atoms with van der Waals surface area (Å²) in [6.07, 6.45) is 0.142. The Morgan fingerprint density at radius 2 is 1.76 bits per heavy atom. The second-order valence-corrected chi connectivity index (χ2v) is 5.85. The number of nitrogens with one attached hydrogen (secondary N) is 2. The van der Waals surface area contributed by atoms with Crippen LogP contribution < -0.4 is 15.4 Å². The molecule has 5 heteroatoms. The standard InChI is InChI=1S/C20H24N2O3/c1-4-25-19-8-6-5-7-17(19)22-20(24)13-18(21-15(3)23)16-11-9-14(2)10-12-16/h5-12,18H,4,13H2,1-3H3,(H,21,23)(H,22,24)/t18-/m1/s1. The molecule has 132 valence electrons. The van der Waals surface area contributed by atoms with Crippen molar-refractivity contribution in [3.8, 4) is 5.75 Å². The summed E-state index contributed by atoms with van der Waals surface area (Å²) < 4.78 is 5.52. The lowest BCUT2D eigenvalue weighted by Gasteiger charge is -2.19. The molecule has 1 atom stereocenters. The van der Waals surface area contributed by atoms with Gasteiger partial charge in [0, 0.05) is 6.92 Å². The van der Waals surface area contributed by atoms with Crippen LogP contribution in [0, 0.1) is 6.92 Å². The number of hydrogen-bond donors (Lipinski definition) is 2. The molecule has 2 rings (SSSR count). The molecule has 2 aromatic rings. The van der Waals surface area contributed by atoms with Crippen LogP contribution in [-0.2, 0) is 9.59 Å². The van der Waals surface area contributed by atoms with Crippen LogP contribution in [0.1, 0.15) is 37.4 Å². The third kappa shape index (κ3) is 5.64. The Labute approximate surface area is 148 Å². The quantitative estimate of drug-likeness (QED) is 0.809. The zero-order valence-electron chi connectivity index (χ0n) is 14.8. The van der Waals surface area contributed by atoms with E-state index in [1.807, 2.05) is 56.3 Å². The summed E-state index contributed by atoms with van der Waals surface area (Å²) in [4.78, 5) is 24.0. The fraction of sp³-hybridized carbons (Fsp3) is 0.300. The highest BCUT2D eigenvalue weighted by Gasteiger charge is 2.18. The first-order valence-electron chi connectivity index (χ1n) is 8.35. The largest absolute Gasteiger partial charge is 0.492 e. The van der Waals surface area contributed by atoms with Crippen LogP contribution in [0.5, 0.6) is 5.75 Å². The van der Waals surface area contributed by atoms with E-state index in [4.69, 9.17) is 4.74 Å². The molecule has 2 N–H and O–H groups in total. The van der Waals surface area contributed by atoms with Gasteiger partial charge in [0.15, 0.2) is 0 Å². The molecule has 2 amide bonds. The molecule has 25 heavy (non-hydrogen) atoms. The van der Waals surface area contributed by atoms with Crippen molar-refractivity contribution in [3.63, 3.8) is 0 Å². The van der Waals surface area contributed by atoms with Gasteiger partial charge in [-0.2, -0.15) is 0 Å². The Morgan fingerprint density at radius 3 is 2.40 bits per heavy atom. The monoisotopic (exact) mass is 340 g/mol. The van der Waals surface area contributed by atoms with Gasteiger partial charge in [0.05, 0.1) is 24.8 Å². The first-order valence-corrected chi connectivity index (χ1v) is 8.35. The lowest BCUT2D eigenvalue weighted by molar-refractivity contribution is -0.120. The zero-order valence-corrected chi connectivity index (χ0v) is 14.8. The fourth-order valence-corrected chi connectivity index (χ4v) is 2.53. The molecule has 0 aliphatic heterocycles. The molecule has 0 saturated heterocycles. The van der Waals surface area contributed by atoms with Crippen LogP contribution >= 0.6 is 0 Å². The Bertz CT molecular complexity index is 726. The number of benzene rings is 2. The molecule has 0 fully saturated rings. The SMILES string of the molecule is CCOc1ccccc1NC(=O)C[C@@H](NC(C)=O)c1ccc(C)cc1. The molecule has 0 spiro atoms. The van der Waals surface area contributed by atoms with Crippen LogP contribution in [0.15, 0.2) is 48.5 Å². The molecule has 2 aromatic carbocycles. The summed E-state index contributed by atoms with van der Waals surface area (Å²) in [5, 5.41) is 5.71. The van der Waals surface area contributed by atoms with Crippen molar-refractivity contribution in [1.29, 1.82) is 0 Å². The van der Waals surface area contributed by atoms with Gasteiger partial charge >= 0.3 is 0 Å². The van der Waals surface area contributed by atoms with Gasteiger partial charge in [0.25, 0.3) is 0 Å². The van der Waals surface area contributed by atoms with E-state index in [2.05, 4.69) is 10.6 Å². The fourth-order valence-electron chi connectivity index (χ4n) is 2.53. The van der Waals surface area contributed by atoms with E-state index in [-0.39, 0.29) is 24.3 Å². The molecular formula is C20H24N2O3. The predicted molar refractivity (Wildman–Crippen MR) is 98.6 cm³/mol. The third-order valence-electron chi connectivity index (χ3n) is 3.71. The third-order valence-corrected chi connectivity index (χ3v) is 3.71. The molecule has 0 radical (unpaired) electrons. The van der Waals surface area contributed by atoms with Crippen LogP contribution in [0.4, 0.5) is 5.69 Å². The Balaban J connectivity index is 2.11. The Hall–Kier alpha value is -2.82. The summed E-state index contributed by atoms with van der Waals surface area (Å²) in [5.74, 6) is 0.268. The first kappa shape index (κ1) is 18.5. The maximum absolute atomic E-state index is 12.5. The van der Waals surface area contributed by atoms with E-state index >= 15 is 0 Å². The molecule has 0 aromatic heterocycles. The maximum atomic E-state index is 12.5. The van der Waals surface area contributed by atoms with Gasteiger partial charge in [-0.05, 0) is 31.5 Å². The summed E-state index contributed by atoms with van der Waals surface area (Å²) >= 11 is 0. The molecule has 0 saturated carbocycles. The molecule has 0 aliphatic rings. The van der Waals surface area contributed by atoms with Crippen molar-refractivity contribution in [2.45, 2.75) is 33.2 Å². The Morgan fingerprint density at radius 1 is 1.08 bits per heavy atom. The topological polar surface area (TPSA) is 67.4 Å². The van der Waals surface area contributed by atoms with Gasteiger partial charge in [0.1, 0.15) is 5.75 Å². The van der Waals surface area contributed by atoms with E-state index in [9.17, 15) is 9.59 Å². The molecule has 0 unspecified atom stereocenters. The number of carbonyl (C=O) groups excluding carboxylic acids is 2. The average Bonchev–Trinajstić information content (AvgIpc) is 2.56. The van der Waals surface area contributed by atoms with E-state index in [1.165, 1.54) is 6.92 Å². The number of anilines is 1. The average molecular weight is 340 g/mol. The highest BCUT2D eigenvalue weighted by Crippen LogP contribution is 2.25. The molecular weight excluding hydrogens is 316 g/mol. The van der Waals surface area contributed by atoms with Crippen molar-refractivity contribution in [2.75, 3.05) is 11.9 Å². The van der Waals surface area contributed by atoms with Gasteiger partial charge in [-0.1, -0.05) is 42.0 Å². The van der Waals surface area contributed by atoms with E-state index < -0.39 is 0 Å². The second kappa shape index (κ2) is 8.87. The van der Waals surface area contributed by atoms with Gasteiger partial charge in [-0.25, -0.2) is 0 Å². The number of ether oxygens (including phenoxy) is 1. The van der Waals surface area contributed by atoms with Crippen LogP contribution in [0.25, 0.3) is 0 Å². The summed E-state index contributed by atoms with van der Waals surface area (Å²) in [6.45, 7) is 5.85. The van der Waals surface area contributed by atoms with Crippen molar-refractivity contribution in [1.82, 2.24) is 5.32 Å². The van der Waals surface area contributed by atoms with Gasteiger partial charge < -0.3 is 15.4 Å². The van der Waals surface area contributed by atoms with E-state index in [0.717, 1.165) is 11.1 Å². The predicted octanol–water partition coefficient (Wildman–Crippen LogP) is 3.60. The molecule has 5 nitrogen and oxygen atoms in total. The molecule has 0 aliphatic carbocycles. The van der Waals surface area contributed by atoms with Crippen LogP contribution in [0.3, 0.4) is 0 Å². The summed E-state index contributed by atoms with van der Waals surface area (Å²) in [5.41, 5.74) is 2.65. The molecule has 0 heterocycles. The van der Waals surface area contributed by atoms with Crippen LogP contribution in [0.2, 0.25) is 0 Å². The highest BCUT2D eigenvalue weighted by molar-refractivity contribution is 5.93. The van der Waals surface area contributed by atoms with Crippen molar-refractivity contribution >= 4 is 17.5 Å². The van der Waals surface area contributed by atoms with Crippen molar-refractivity contribution in [3.05, 3.63) is 59.7 Å². The van der Waals surface area contributed by atoms with Gasteiger partial charge in [-0.15, -0.1) is 0 Å². The normalized spacial score (nSPS) is 11.5. The number of amides is 2. The second-order valence-electron chi connectivity index (χ2n) is 5.85. The lowest BCUT2D eigenvalue weighted by atomic mass is 10.0. The number of rotatable bonds is 7. The minimum Gasteiger partial charge on any atom is -0.492 e. The first-order chi connectivity index (χ1) is 12.0. The maximum Gasteiger partial charge on any atom is 0.226 e. The van der Waals surface area contributed by atoms with E-state index in [0.29, 0.717) is 18.0 Å². The summed E-state index contributed by atoms with van der Waals surface area (Å²) in [7, 11) is 0. The summed E-state index contributed by atoms with van der Waals surface area (Å²) in [6, 6.07) is 14.7. The highest BCUT2D eigenvalue weighted by atomic mass is 16.5. The zero-order chi connectivity index (χ0) is 18.2. The smallest absolute Gasteiger partial charge is 0.226 e. The number of para-hydroxylation sites is 2. The Kier molecular flexibility index (Phi) is 6.57. The van der Waals surface area contributed by atoms with Crippen molar-refractivity contribution in [2.24, 2.45) is 0 Å². The molecule has 0 bridgehead atoms. The van der Waals surface area contributed by atoms with Crippen molar-refractivity contribution < 1.29 is 14.3 Å². The number of hydrogen-bond acceptors (Lipinski definition) is 3. The number of aryl methyl sites for hydroxylation is 1. The number of carbonyl (C=O) groups is 2.